The standard InChI is InChI=1S/C20H16N2O4Se2/c23-17-13-5-1-2-6-14(13)18(24)21(17)9-11-27-28-12-10-22-19(25)15-7-3-4-8-16(15)20(22)26/h1-8H,9-12H2. The molecule has 0 aromatic heterocycles. The van der Waals surface area contributed by atoms with Crippen molar-refractivity contribution in [1.82, 2.24) is 9.80 Å². The molecule has 0 N–H and O–H groups in total. The van der Waals surface area contributed by atoms with Gasteiger partial charge in [-0.2, -0.15) is 0 Å². The molecule has 4 rings (SSSR count). The van der Waals surface area contributed by atoms with Crippen LogP contribution >= 0.6 is 0 Å². The van der Waals surface area contributed by atoms with Gasteiger partial charge in [0.1, 0.15) is 0 Å². The van der Waals surface area contributed by atoms with Gasteiger partial charge >= 0.3 is 173 Å². The summed E-state index contributed by atoms with van der Waals surface area (Å²) in [5, 5.41) is 1.58. The van der Waals surface area contributed by atoms with Gasteiger partial charge < -0.3 is 0 Å². The van der Waals surface area contributed by atoms with E-state index in [1.807, 2.05) is 0 Å². The molecule has 2 aliphatic heterocycles. The summed E-state index contributed by atoms with van der Waals surface area (Å²) in [6.07, 6.45) is 0. The molecular formula is C20H16N2O4Se2. The number of benzene rings is 2. The summed E-state index contributed by atoms with van der Waals surface area (Å²) in [6.45, 7) is 0.863. The zero-order chi connectivity index (χ0) is 19.7. The summed E-state index contributed by atoms with van der Waals surface area (Å²) in [5.74, 6) is -0.852. The van der Waals surface area contributed by atoms with Crippen LogP contribution in [0.15, 0.2) is 48.5 Å². The molecule has 0 saturated carbocycles. The maximum absolute atomic E-state index is 12.3. The fraction of sp³-hybridized carbons (Fsp3) is 0.200. The minimum absolute atomic E-state index is 0.213. The van der Waals surface area contributed by atoms with Crippen LogP contribution in [0.3, 0.4) is 0 Å². The van der Waals surface area contributed by atoms with E-state index in [1.165, 1.54) is 9.80 Å². The van der Waals surface area contributed by atoms with E-state index in [1.54, 1.807) is 48.5 Å². The van der Waals surface area contributed by atoms with E-state index in [4.69, 9.17) is 0 Å². The first-order valence-corrected chi connectivity index (χ1v) is 15.5. The van der Waals surface area contributed by atoms with Gasteiger partial charge in [-0.25, -0.2) is 0 Å². The van der Waals surface area contributed by atoms with Gasteiger partial charge in [0.15, 0.2) is 0 Å². The number of hydrogen-bond acceptors (Lipinski definition) is 4. The van der Waals surface area contributed by atoms with Crippen molar-refractivity contribution in [2.45, 2.75) is 10.6 Å². The van der Waals surface area contributed by atoms with Crippen LogP contribution in [-0.4, -0.2) is 72.8 Å². The molecule has 2 aliphatic rings. The minimum atomic E-state index is -0.213. The van der Waals surface area contributed by atoms with Crippen molar-refractivity contribution in [2.24, 2.45) is 0 Å². The summed E-state index contributed by atoms with van der Waals surface area (Å²) in [4.78, 5) is 51.9. The Bertz CT molecular complexity index is 842. The normalized spacial score (nSPS) is 15.4. The van der Waals surface area contributed by atoms with E-state index in [2.05, 4.69) is 0 Å². The van der Waals surface area contributed by atoms with Gasteiger partial charge in [0.25, 0.3) is 0 Å². The molecule has 4 amide bonds. The van der Waals surface area contributed by atoms with Crippen LogP contribution < -0.4 is 0 Å². The predicted octanol–water partition coefficient (Wildman–Crippen LogP) is 1.74. The Kier molecular flexibility index (Phi) is 5.46. The molecule has 142 valence electrons. The SMILES string of the molecule is O=C1c2ccccc2C(=O)N1CC[Se][Se]CCN1C(=O)c2ccccc2C1=O. The molecule has 8 heteroatoms. The van der Waals surface area contributed by atoms with E-state index in [0.29, 0.717) is 61.6 Å². The van der Waals surface area contributed by atoms with Gasteiger partial charge in [0.05, 0.1) is 0 Å². The Morgan fingerprint density at radius 2 is 0.821 bits per heavy atom. The Morgan fingerprint density at radius 1 is 0.536 bits per heavy atom. The van der Waals surface area contributed by atoms with Crippen molar-refractivity contribution in [3.63, 3.8) is 0 Å². The number of fused-ring (bicyclic) bond motifs is 2. The molecule has 0 saturated heterocycles. The Hall–Kier alpha value is -2.24. The fourth-order valence-corrected chi connectivity index (χ4v) is 9.03. The van der Waals surface area contributed by atoms with Gasteiger partial charge in [-0.1, -0.05) is 0 Å². The van der Waals surface area contributed by atoms with Crippen LogP contribution in [0.1, 0.15) is 41.4 Å². The number of carbonyl (C=O) groups excluding carboxylic acids is 4. The molecule has 0 spiro atoms. The second kappa shape index (κ2) is 8.01. The molecule has 28 heavy (non-hydrogen) atoms. The van der Waals surface area contributed by atoms with E-state index in [-0.39, 0.29) is 23.6 Å². The first kappa shape index (κ1) is 19.1. The van der Waals surface area contributed by atoms with Crippen LogP contribution in [0.25, 0.3) is 0 Å². The second-order valence-corrected chi connectivity index (χ2v) is 14.1. The summed E-state index contributed by atoms with van der Waals surface area (Å²) in [6, 6.07) is 13.8. The van der Waals surface area contributed by atoms with Crippen molar-refractivity contribution in [3.8, 4) is 0 Å². The van der Waals surface area contributed by atoms with Crippen LogP contribution in [0, 0.1) is 0 Å². The number of imide groups is 2. The molecule has 0 bridgehead atoms. The Balaban J connectivity index is 1.22. The first-order valence-electron chi connectivity index (χ1n) is 8.74. The number of amides is 4. The van der Waals surface area contributed by atoms with E-state index < -0.39 is 0 Å². The van der Waals surface area contributed by atoms with Crippen molar-refractivity contribution in [1.29, 1.82) is 0 Å². The van der Waals surface area contributed by atoms with Crippen molar-refractivity contribution in [3.05, 3.63) is 70.8 Å². The number of rotatable bonds is 7. The topological polar surface area (TPSA) is 74.8 Å². The van der Waals surface area contributed by atoms with Crippen LogP contribution in [0.4, 0.5) is 0 Å². The second-order valence-electron chi connectivity index (χ2n) is 6.26. The Morgan fingerprint density at radius 3 is 1.11 bits per heavy atom. The zero-order valence-corrected chi connectivity index (χ0v) is 18.2. The van der Waals surface area contributed by atoms with Crippen molar-refractivity contribution >= 4 is 49.9 Å². The average Bonchev–Trinajstić information content (AvgIpc) is 3.11. The Labute approximate surface area is 173 Å². The van der Waals surface area contributed by atoms with Gasteiger partial charge in [-0.3, -0.25) is 0 Å². The predicted molar refractivity (Wildman–Crippen MR) is 105 cm³/mol. The number of hydrogen-bond donors (Lipinski definition) is 0. The molecule has 2 aromatic rings. The molecule has 2 heterocycles. The maximum atomic E-state index is 12.3. The van der Waals surface area contributed by atoms with Crippen molar-refractivity contribution < 1.29 is 19.2 Å². The van der Waals surface area contributed by atoms with E-state index in [9.17, 15) is 19.2 Å². The van der Waals surface area contributed by atoms with Gasteiger partial charge in [0.2, 0.25) is 0 Å². The third-order valence-electron chi connectivity index (χ3n) is 4.64. The molecular weight excluding hydrogens is 490 g/mol. The number of nitrogens with zero attached hydrogens (tertiary/aromatic N) is 2. The first-order chi connectivity index (χ1) is 13.6. The summed E-state index contributed by atoms with van der Waals surface area (Å²) in [7, 11) is 0. The quantitative estimate of drug-likeness (QED) is 0.326. The van der Waals surface area contributed by atoms with Gasteiger partial charge in [0, 0.05) is 0 Å². The van der Waals surface area contributed by atoms with Crippen LogP contribution in [0.2, 0.25) is 10.6 Å². The molecule has 0 atom stereocenters. The number of carbonyl (C=O) groups is 4. The van der Waals surface area contributed by atoms with Crippen LogP contribution in [0.5, 0.6) is 0 Å². The average molecular weight is 506 g/mol. The molecule has 0 aliphatic carbocycles. The fourth-order valence-electron chi connectivity index (χ4n) is 3.26. The van der Waals surface area contributed by atoms with E-state index in [0.717, 1.165) is 10.6 Å². The third kappa shape index (κ3) is 3.33. The molecule has 0 unspecified atom stereocenters. The van der Waals surface area contributed by atoms with Crippen molar-refractivity contribution in [2.75, 3.05) is 13.1 Å². The van der Waals surface area contributed by atoms with Gasteiger partial charge in [-0.05, 0) is 0 Å². The summed E-state index contributed by atoms with van der Waals surface area (Å²) in [5.41, 5.74) is 1.93. The van der Waals surface area contributed by atoms with Gasteiger partial charge in [-0.15, -0.1) is 0 Å². The zero-order valence-electron chi connectivity index (χ0n) is 14.8. The summed E-state index contributed by atoms with van der Waals surface area (Å²) < 4.78 is 0. The molecule has 2 aromatic carbocycles. The van der Waals surface area contributed by atoms with Crippen LogP contribution in [-0.2, 0) is 0 Å². The molecule has 6 nitrogen and oxygen atoms in total. The van der Waals surface area contributed by atoms with E-state index >= 15 is 0 Å². The molecule has 0 radical (unpaired) electrons. The third-order valence-corrected chi connectivity index (χ3v) is 11.9. The molecule has 0 fully saturated rings. The monoisotopic (exact) mass is 508 g/mol. The summed E-state index contributed by atoms with van der Waals surface area (Å²) >= 11 is 0.585.